The molecule has 0 radical (unpaired) electrons. The summed E-state index contributed by atoms with van der Waals surface area (Å²) >= 11 is 0. The number of ether oxygens (including phenoxy) is 4. The van der Waals surface area contributed by atoms with E-state index >= 15 is 0 Å². The van der Waals surface area contributed by atoms with Crippen LogP contribution in [0.3, 0.4) is 0 Å². The molecule has 0 saturated heterocycles. The maximum absolute atomic E-state index is 10.5. The normalized spacial score (nSPS) is 17.8. The second-order valence-corrected chi connectivity index (χ2v) is 11.6. The number of nitrogens with one attached hydrogen (secondary N) is 1. The molecule has 2 aliphatic heterocycles. The van der Waals surface area contributed by atoms with Gasteiger partial charge in [-0.1, -0.05) is 18.2 Å². The lowest BCUT2D eigenvalue weighted by molar-refractivity contribution is 0.228. The molecule has 0 aromatic heterocycles. The fourth-order valence-corrected chi connectivity index (χ4v) is 6.48. The van der Waals surface area contributed by atoms with Crippen LogP contribution in [-0.4, -0.2) is 56.6 Å². The van der Waals surface area contributed by atoms with Gasteiger partial charge in [0.25, 0.3) is 0 Å². The van der Waals surface area contributed by atoms with Crippen molar-refractivity contribution in [2.45, 2.75) is 37.8 Å². The number of phenols is 2. The topological polar surface area (TPSA) is 92.7 Å². The van der Waals surface area contributed by atoms with Gasteiger partial charge in [0, 0.05) is 18.6 Å². The van der Waals surface area contributed by atoms with Crippen LogP contribution in [0.2, 0.25) is 0 Å². The van der Waals surface area contributed by atoms with Gasteiger partial charge < -0.3 is 34.5 Å². The molecule has 0 fully saturated rings. The largest absolute Gasteiger partial charge is 0.504 e. The number of nitrogens with zero attached hydrogens (tertiary/aromatic N) is 1. The second-order valence-electron chi connectivity index (χ2n) is 11.6. The Hall–Kier alpha value is -4.40. The molecule has 0 saturated carbocycles. The third-order valence-corrected chi connectivity index (χ3v) is 8.91. The predicted octanol–water partition coefficient (Wildman–Crippen LogP) is 6.12. The third kappa shape index (κ3) is 6.00. The van der Waals surface area contributed by atoms with E-state index in [1.165, 1.54) is 16.7 Å². The Bertz CT molecular complexity index is 1640. The molecule has 0 spiro atoms. The van der Waals surface area contributed by atoms with E-state index in [0.29, 0.717) is 23.0 Å². The number of hydrogen-bond donors (Lipinski definition) is 3. The zero-order valence-electron chi connectivity index (χ0n) is 25.7. The van der Waals surface area contributed by atoms with Crippen molar-refractivity contribution in [2.24, 2.45) is 0 Å². The highest BCUT2D eigenvalue weighted by Crippen LogP contribution is 2.40. The lowest BCUT2D eigenvalue weighted by atomic mass is 9.88. The van der Waals surface area contributed by atoms with E-state index in [9.17, 15) is 10.2 Å². The molecule has 3 N–H and O–H groups in total. The first-order valence-electron chi connectivity index (χ1n) is 15.0. The maximum atomic E-state index is 10.5. The Labute approximate surface area is 258 Å². The molecule has 4 aromatic carbocycles. The van der Waals surface area contributed by atoms with Crippen LogP contribution in [0.15, 0.2) is 66.7 Å². The van der Waals surface area contributed by atoms with Crippen LogP contribution in [0.5, 0.6) is 40.2 Å². The minimum atomic E-state index is 0.0575. The lowest BCUT2D eigenvalue weighted by Crippen LogP contribution is -2.33. The minimum absolute atomic E-state index is 0.0575. The number of benzene rings is 4. The molecule has 2 atom stereocenters. The Morgan fingerprint density at radius 1 is 0.705 bits per heavy atom. The minimum Gasteiger partial charge on any atom is -0.504 e. The van der Waals surface area contributed by atoms with Crippen LogP contribution in [0.4, 0.5) is 0 Å². The maximum Gasteiger partial charge on any atom is 0.169 e. The quantitative estimate of drug-likeness (QED) is 0.213. The van der Waals surface area contributed by atoms with Gasteiger partial charge in [0.1, 0.15) is 5.75 Å². The van der Waals surface area contributed by atoms with Crippen molar-refractivity contribution < 1.29 is 29.2 Å². The molecule has 6 rings (SSSR count). The Balaban J connectivity index is 1.18. The van der Waals surface area contributed by atoms with Gasteiger partial charge in [0.05, 0.1) is 21.3 Å². The van der Waals surface area contributed by atoms with E-state index < -0.39 is 0 Å². The summed E-state index contributed by atoms with van der Waals surface area (Å²) in [4.78, 5) is 2.34. The predicted molar refractivity (Wildman–Crippen MR) is 170 cm³/mol. The zero-order chi connectivity index (χ0) is 30.8. The molecule has 0 amide bonds. The molecule has 4 aromatic rings. The van der Waals surface area contributed by atoms with Crippen LogP contribution >= 0.6 is 0 Å². The van der Waals surface area contributed by atoms with E-state index in [1.54, 1.807) is 21.3 Å². The molecular formula is C36H40N2O6. The van der Waals surface area contributed by atoms with Crippen molar-refractivity contribution in [1.29, 1.82) is 0 Å². The fourth-order valence-electron chi connectivity index (χ4n) is 6.48. The number of fused-ring (bicyclic) bond motifs is 2. The highest BCUT2D eigenvalue weighted by molar-refractivity contribution is 5.51. The SMILES string of the molecule is COc1cc2c(cc1O)[C@@H](Cc1ccc(OC)c(Oc3ccc(C[C@H]4c5cc(O)c(OC)cc5CCN4C)cc3)c1)NCC2. The molecule has 44 heavy (non-hydrogen) atoms. The molecule has 230 valence electrons. The molecule has 2 aliphatic rings. The first-order chi connectivity index (χ1) is 21.4. The van der Waals surface area contributed by atoms with Crippen LogP contribution in [0, 0.1) is 0 Å². The van der Waals surface area contributed by atoms with Gasteiger partial charge in [-0.15, -0.1) is 0 Å². The summed E-state index contributed by atoms with van der Waals surface area (Å²) in [7, 11) is 6.94. The number of hydrogen-bond acceptors (Lipinski definition) is 8. The van der Waals surface area contributed by atoms with Gasteiger partial charge in [0.15, 0.2) is 34.5 Å². The van der Waals surface area contributed by atoms with E-state index in [0.717, 1.165) is 61.2 Å². The molecule has 0 unspecified atom stereocenters. The number of rotatable bonds is 9. The number of phenolic OH excluding ortho intramolecular Hbond substituents is 2. The third-order valence-electron chi connectivity index (χ3n) is 8.91. The number of likely N-dealkylation sites (N-methyl/N-ethyl adjacent to an activating group) is 1. The first-order valence-corrected chi connectivity index (χ1v) is 15.0. The van der Waals surface area contributed by atoms with E-state index in [-0.39, 0.29) is 23.6 Å². The van der Waals surface area contributed by atoms with Gasteiger partial charge in [-0.25, -0.2) is 0 Å². The zero-order valence-corrected chi connectivity index (χ0v) is 25.7. The van der Waals surface area contributed by atoms with Crippen LogP contribution in [0.25, 0.3) is 0 Å². The molecule has 8 heteroatoms. The average Bonchev–Trinajstić information content (AvgIpc) is 3.03. The average molecular weight is 597 g/mol. The monoisotopic (exact) mass is 596 g/mol. The summed E-state index contributed by atoms with van der Waals surface area (Å²) in [6.07, 6.45) is 3.35. The highest BCUT2D eigenvalue weighted by Gasteiger charge is 2.27. The van der Waals surface area contributed by atoms with Gasteiger partial charge >= 0.3 is 0 Å². The number of methoxy groups -OCH3 is 3. The van der Waals surface area contributed by atoms with E-state index in [2.05, 4.69) is 35.5 Å². The van der Waals surface area contributed by atoms with Crippen molar-refractivity contribution in [3.05, 3.63) is 100 Å². The van der Waals surface area contributed by atoms with Gasteiger partial charge in [0.2, 0.25) is 0 Å². The molecular weight excluding hydrogens is 556 g/mol. The van der Waals surface area contributed by atoms with Gasteiger partial charge in [-0.3, -0.25) is 4.90 Å². The van der Waals surface area contributed by atoms with Crippen molar-refractivity contribution in [2.75, 3.05) is 41.5 Å². The van der Waals surface area contributed by atoms with Crippen molar-refractivity contribution in [3.8, 4) is 40.2 Å². The Kier molecular flexibility index (Phi) is 8.55. The Morgan fingerprint density at radius 3 is 2.02 bits per heavy atom. The van der Waals surface area contributed by atoms with Crippen LogP contribution < -0.4 is 24.3 Å². The molecule has 2 heterocycles. The van der Waals surface area contributed by atoms with Crippen molar-refractivity contribution in [3.63, 3.8) is 0 Å². The smallest absolute Gasteiger partial charge is 0.169 e. The summed E-state index contributed by atoms with van der Waals surface area (Å²) in [6, 6.07) is 22.0. The van der Waals surface area contributed by atoms with Crippen molar-refractivity contribution >= 4 is 0 Å². The highest BCUT2D eigenvalue weighted by atomic mass is 16.5. The number of aromatic hydroxyl groups is 2. The molecule has 8 nitrogen and oxygen atoms in total. The fraction of sp³-hybridized carbons (Fsp3) is 0.333. The molecule has 0 aliphatic carbocycles. The lowest BCUT2D eigenvalue weighted by Gasteiger charge is -2.35. The summed E-state index contributed by atoms with van der Waals surface area (Å²) in [5.74, 6) is 3.39. The van der Waals surface area contributed by atoms with Crippen LogP contribution in [-0.2, 0) is 25.7 Å². The van der Waals surface area contributed by atoms with E-state index in [1.807, 2.05) is 48.5 Å². The van der Waals surface area contributed by atoms with Gasteiger partial charge in [-0.05, 0) is 121 Å². The summed E-state index contributed by atoms with van der Waals surface area (Å²) in [6.45, 7) is 1.80. The summed E-state index contributed by atoms with van der Waals surface area (Å²) < 4.78 is 22.6. The summed E-state index contributed by atoms with van der Waals surface area (Å²) in [5, 5.41) is 24.5. The van der Waals surface area contributed by atoms with Gasteiger partial charge in [-0.2, -0.15) is 0 Å². The first kappa shape index (κ1) is 29.7. The van der Waals surface area contributed by atoms with Crippen molar-refractivity contribution in [1.82, 2.24) is 10.2 Å². The Morgan fingerprint density at radius 2 is 1.34 bits per heavy atom. The van der Waals surface area contributed by atoms with Crippen LogP contribution in [0.1, 0.15) is 45.5 Å². The molecule has 0 bridgehead atoms. The summed E-state index contributed by atoms with van der Waals surface area (Å²) in [5.41, 5.74) is 6.91. The second kappa shape index (κ2) is 12.7. The van der Waals surface area contributed by atoms with E-state index in [4.69, 9.17) is 18.9 Å². The standard InChI is InChI=1S/C36H40N2O6/c1-38-14-12-25-19-35(43-4)32(40)21-28(25)30(38)16-22-5-8-26(9-6-22)44-36-17-23(7-10-33(36)41-2)15-29-27-20-31(39)34(42-3)18-24(27)11-13-37-29/h5-10,17-21,29-30,37,39-40H,11-16H2,1-4H3/t29-,30+/m1/s1.